The minimum absolute atomic E-state index is 0.284. The summed E-state index contributed by atoms with van der Waals surface area (Å²) in [4.78, 5) is 0. The van der Waals surface area contributed by atoms with Gasteiger partial charge in [-0.3, -0.25) is 0 Å². The maximum Gasteiger partial charge on any atom is 0.123 e. The standard InChI is InChI=1S/C13H13FO2/c1-9-12(5-6-16-9)13(15)8-10-3-2-4-11(14)7-10/h2-7,13,15H,8H2,1H3. The minimum atomic E-state index is -0.652. The molecule has 2 rings (SSSR count). The third kappa shape index (κ3) is 2.31. The molecule has 0 amide bonds. The predicted octanol–water partition coefficient (Wildman–Crippen LogP) is 3.00. The highest BCUT2D eigenvalue weighted by Gasteiger charge is 2.13. The van der Waals surface area contributed by atoms with Gasteiger partial charge in [-0.25, -0.2) is 4.39 Å². The number of aliphatic hydroxyl groups is 1. The Labute approximate surface area is 93.3 Å². The van der Waals surface area contributed by atoms with Crippen molar-refractivity contribution in [2.45, 2.75) is 19.4 Å². The highest BCUT2D eigenvalue weighted by Crippen LogP contribution is 2.22. The Hall–Kier alpha value is -1.61. The highest BCUT2D eigenvalue weighted by atomic mass is 19.1. The van der Waals surface area contributed by atoms with Crippen LogP contribution in [0.4, 0.5) is 4.39 Å². The molecule has 0 spiro atoms. The second-order valence-electron chi connectivity index (χ2n) is 3.78. The van der Waals surface area contributed by atoms with Gasteiger partial charge in [-0.1, -0.05) is 12.1 Å². The number of benzene rings is 1. The van der Waals surface area contributed by atoms with Gasteiger partial charge in [-0.05, 0) is 30.7 Å². The summed E-state index contributed by atoms with van der Waals surface area (Å²) >= 11 is 0. The van der Waals surface area contributed by atoms with Crippen molar-refractivity contribution in [3.63, 3.8) is 0 Å². The molecule has 1 atom stereocenters. The van der Waals surface area contributed by atoms with Crippen molar-refractivity contribution < 1.29 is 13.9 Å². The summed E-state index contributed by atoms with van der Waals surface area (Å²) in [5.41, 5.74) is 1.53. The van der Waals surface area contributed by atoms with Crippen LogP contribution in [0.5, 0.6) is 0 Å². The van der Waals surface area contributed by atoms with Gasteiger partial charge in [0, 0.05) is 12.0 Å². The summed E-state index contributed by atoms with van der Waals surface area (Å²) in [6, 6.07) is 7.98. The van der Waals surface area contributed by atoms with Crippen LogP contribution in [0.25, 0.3) is 0 Å². The molecule has 1 unspecified atom stereocenters. The van der Waals surface area contributed by atoms with E-state index in [9.17, 15) is 9.50 Å². The Morgan fingerprint density at radius 1 is 1.38 bits per heavy atom. The maximum atomic E-state index is 12.9. The lowest BCUT2D eigenvalue weighted by Crippen LogP contribution is -2.02. The van der Waals surface area contributed by atoms with Gasteiger partial charge in [0.15, 0.2) is 0 Å². The van der Waals surface area contributed by atoms with E-state index in [1.54, 1.807) is 31.4 Å². The van der Waals surface area contributed by atoms with E-state index in [1.165, 1.54) is 12.1 Å². The van der Waals surface area contributed by atoms with E-state index in [0.29, 0.717) is 12.2 Å². The van der Waals surface area contributed by atoms with E-state index < -0.39 is 6.10 Å². The molecule has 3 heteroatoms. The molecule has 1 aromatic carbocycles. The molecule has 0 aliphatic carbocycles. The van der Waals surface area contributed by atoms with Crippen molar-refractivity contribution in [3.8, 4) is 0 Å². The fraction of sp³-hybridized carbons (Fsp3) is 0.231. The van der Waals surface area contributed by atoms with Crippen LogP contribution in [0.15, 0.2) is 41.0 Å². The number of halogens is 1. The lowest BCUT2D eigenvalue weighted by molar-refractivity contribution is 0.176. The fourth-order valence-corrected chi connectivity index (χ4v) is 1.74. The van der Waals surface area contributed by atoms with Gasteiger partial charge in [0.2, 0.25) is 0 Å². The molecule has 84 valence electrons. The molecule has 1 aromatic heterocycles. The summed E-state index contributed by atoms with van der Waals surface area (Å²) in [7, 11) is 0. The van der Waals surface area contributed by atoms with Crippen LogP contribution in [0.2, 0.25) is 0 Å². The Morgan fingerprint density at radius 3 is 2.81 bits per heavy atom. The first-order valence-electron chi connectivity index (χ1n) is 5.13. The zero-order valence-corrected chi connectivity index (χ0v) is 8.98. The molecule has 0 radical (unpaired) electrons. The second-order valence-corrected chi connectivity index (χ2v) is 3.78. The highest BCUT2D eigenvalue weighted by molar-refractivity contribution is 5.23. The fourth-order valence-electron chi connectivity index (χ4n) is 1.74. The van der Waals surface area contributed by atoms with Crippen molar-refractivity contribution in [2.75, 3.05) is 0 Å². The molecule has 1 heterocycles. The predicted molar refractivity (Wildman–Crippen MR) is 58.5 cm³/mol. The number of hydrogen-bond donors (Lipinski definition) is 1. The first-order valence-corrected chi connectivity index (χ1v) is 5.13. The van der Waals surface area contributed by atoms with Crippen LogP contribution in [0.1, 0.15) is 23.0 Å². The van der Waals surface area contributed by atoms with Crippen molar-refractivity contribution in [1.29, 1.82) is 0 Å². The molecule has 1 N–H and O–H groups in total. The molecule has 0 aliphatic rings. The van der Waals surface area contributed by atoms with Gasteiger partial charge >= 0.3 is 0 Å². The summed E-state index contributed by atoms with van der Waals surface area (Å²) in [6.07, 6.45) is 1.28. The van der Waals surface area contributed by atoms with Crippen LogP contribution in [-0.2, 0) is 6.42 Å². The van der Waals surface area contributed by atoms with Crippen LogP contribution in [-0.4, -0.2) is 5.11 Å². The molecular formula is C13H13FO2. The van der Waals surface area contributed by atoms with E-state index in [2.05, 4.69) is 0 Å². The smallest absolute Gasteiger partial charge is 0.123 e. The first kappa shape index (κ1) is 10.9. The molecule has 2 nitrogen and oxygen atoms in total. The van der Waals surface area contributed by atoms with Gasteiger partial charge in [0.25, 0.3) is 0 Å². The van der Waals surface area contributed by atoms with Crippen LogP contribution < -0.4 is 0 Å². The minimum Gasteiger partial charge on any atom is -0.469 e. The zero-order valence-electron chi connectivity index (χ0n) is 8.98. The number of hydrogen-bond acceptors (Lipinski definition) is 2. The van der Waals surface area contributed by atoms with Crippen molar-refractivity contribution in [2.24, 2.45) is 0 Å². The third-order valence-electron chi connectivity index (χ3n) is 2.58. The van der Waals surface area contributed by atoms with Gasteiger partial charge in [-0.15, -0.1) is 0 Å². The Morgan fingerprint density at radius 2 is 2.19 bits per heavy atom. The Balaban J connectivity index is 2.14. The molecule has 0 fully saturated rings. The van der Waals surface area contributed by atoms with Crippen LogP contribution >= 0.6 is 0 Å². The van der Waals surface area contributed by atoms with Crippen LogP contribution in [0.3, 0.4) is 0 Å². The third-order valence-corrected chi connectivity index (χ3v) is 2.58. The molecule has 16 heavy (non-hydrogen) atoms. The molecule has 0 bridgehead atoms. The number of furan rings is 1. The first-order chi connectivity index (χ1) is 7.66. The van der Waals surface area contributed by atoms with E-state index in [0.717, 1.165) is 11.1 Å². The van der Waals surface area contributed by atoms with E-state index in [1.807, 2.05) is 0 Å². The average Bonchev–Trinajstić information content (AvgIpc) is 2.64. The van der Waals surface area contributed by atoms with Crippen molar-refractivity contribution >= 4 is 0 Å². The van der Waals surface area contributed by atoms with Gasteiger partial charge in [0.05, 0.1) is 12.4 Å². The van der Waals surface area contributed by atoms with E-state index in [4.69, 9.17) is 4.42 Å². The maximum absolute atomic E-state index is 12.9. The van der Waals surface area contributed by atoms with Crippen molar-refractivity contribution in [1.82, 2.24) is 0 Å². The zero-order chi connectivity index (χ0) is 11.5. The lowest BCUT2D eigenvalue weighted by atomic mass is 10.0. The van der Waals surface area contributed by atoms with Crippen LogP contribution in [0, 0.1) is 12.7 Å². The largest absolute Gasteiger partial charge is 0.469 e. The molecule has 2 aromatic rings. The summed E-state index contributed by atoms with van der Waals surface area (Å²) < 4.78 is 18.1. The number of aliphatic hydroxyl groups excluding tert-OH is 1. The molecule has 0 aliphatic heterocycles. The summed E-state index contributed by atoms with van der Waals surface area (Å²) in [5.74, 6) is 0.414. The SMILES string of the molecule is Cc1occc1C(O)Cc1cccc(F)c1. The van der Waals surface area contributed by atoms with E-state index >= 15 is 0 Å². The second kappa shape index (κ2) is 4.49. The Kier molecular flexibility index (Phi) is 3.06. The monoisotopic (exact) mass is 220 g/mol. The van der Waals surface area contributed by atoms with Gasteiger partial charge in [-0.2, -0.15) is 0 Å². The molecule has 0 saturated heterocycles. The Bertz CT molecular complexity index is 476. The molecular weight excluding hydrogens is 207 g/mol. The van der Waals surface area contributed by atoms with Gasteiger partial charge < -0.3 is 9.52 Å². The molecule has 0 saturated carbocycles. The van der Waals surface area contributed by atoms with Gasteiger partial charge in [0.1, 0.15) is 11.6 Å². The normalized spacial score (nSPS) is 12.7. The van der Waals surface area contributed by atoms with E-state index in [-0.39, 0.29) is 5.82 Å². The summed E-state index contributed by atoms with van der Waals surface area (Å²) in [6.45, 7) is 1.80. The quantitative estimate of drug-likeness (QED) is 0.862. The number of rotatable bonds is 3. The number of aryl methyl sites for hydroxylation is 1. The average molecular weight is 220 g/mol. The topological polar surface area (TPSA) is 33.4 Å². The lowest BCUT2D eigenvalue weighted by Gasteiger charge is -2.09. The van der Waals surface area contributed by atoms with Crippen molar-refractivity contribution in [3.05, 3.63) is 59.3 Å². The summed E-state index contributed by atoms with van der Waals surface area (Å²) in [5, 5.41) is 9.95.